The third-order valence-electron chi connectivity index (χ3n) is 11.2. The van der Waals surface area contributed by atoms with E-state index >= 15 is 0 Å². The molecule has 0 amide bonds. The zero-order valence-electron chi connectivity index (χ0n) is 36.9. The Kier molecular flexibility index (Phi) is 47.4. The Morgan fingerprint density at radius 1 is 0.226 bits per heavy atom. The summed E-state index contributed by atoms with van der Waals surface area (Å²) in [5, 5.41) is 0. The molecule has 0 fully saturated rings. The molecule has 0 rings (SSSR count). The van der Waals surface area contributed by atoms with Crippen molar-refractivity contribution in [3.8, 4) is 0 Å². The van der Waals surface area contributed by atoms with E-state index in [1.54, 1.807) is 0 Å². The van der Waals surface area contributed by atoms with Crippen molar-refractivity contribution < 1.29 is 13.6 Å². The topological polar surface area (TPSA) is 27.7 Å². The average molecular weight is 787 g/mol. The van der Waals surface area contributed by atoms with Crippen LogP contribution in [-0.2, 0) is 25.4 Å². The maximum Gasteiger partial charge on any atom is 0.327 e. The predicted molar refractivity (Wildman–Crippen MR) is 243 cm³/mol. The summed E-state index contributed by atoms with van der Waals surface area (Å²) in [7, 11) is 0. The monoisotopic (exact) mass is 787 g/mol. The highest BCUT2D eigenvalue weighted by Gasteiger charge is 2.20. The van der Waals surface area contributed by atoms with Crippen molar-refractivity contribution in [1.82, 2.24) is 0 Å². The zero-order chi connectivity index (χ0) is 38.4. The predicted octanol–water partition coefficient (Wildman–Crippen LogP) is 18.7. The summed E-state index contributed by atoms with van der Waals surface area (Å²) in [5.41, 5.74) is 0. The van der Waals surface area contributed by atoms with Gasteiger partial charge in [-0.3, -0.25) is 0 Å². The second-order valence-electron chi connectivity index (χ2n) is 16.7. The van der Waals surface area contributed by atoms with Crippen LogP contribution in [0.5, 0.6) is 0 Å². The molecule has 0 spiro atoms. The standard InChI is InChI=1S/C48H99O3PS/c1-4-7-10-13-16-19-22-25-28-31-34-37-40-43-46-49-52(53,50-47-44-41-38-35-32-29-26-23-20-17-14-11-8-5-2)51-48-45-42-39-36-33-30-27-24-21-18-15-12-9-6-3/h4-48H2,1-3H3. The molecule has 0 aromatic carbocycles. The van der Waals surface area contributed by atoms with Gasteiger partial charge in [0.2, 0.25) is 0 Å². The third-order valence-corrected chi connectivity index (χ3v) is 13.7. The first-order valence-electron chi connectivity index (χ1n) is 24.7. The molecular formula is C48H99O3PS. The molecule has 0 aromatic rings. The third kappa shape index (κ3) is 45.1. The number of unbranched alkanes of at least 4 members (excludes halogenated alkanes) is 39. The Labute approximate surface area is 341 Å². The lowest BCUT2D eigenvalue weighted by molar-refractivity contribution is 0.150. The number of hydrogen-bond donors (Lipinski definition) is 0. The summed E-state index contributed by atoms with van der Waals surface area (Å²) >= 11 is 5.94. The molecule has 0 heterocycles. The lowest BCUT2D eigenvalue weighted by Gasteiger charge is -2.22. The van der Waals surface area contributed by atoms with Gasteiger partial charge < -0.3 is 13.6 Å². The number of hydrogen-bond acceptors (Lipinski definition) is 4. The lowest BCUT2D eigenvalue weighted by atomic mass is 10.0. The molecule has 0 saturated heterocycles. The van der Waals surface area contributed by atoms with Crippen LogP contribution in [0.25, 0.3) is 0 Å². The van der Waals surface area contributed by atoms with Gasteiger partial charge >= 0.3 is 6.72 Å². The molecule has 53 heavy (non-hydrogen) atoms. The normalized spacial score (nSPS) is 12.0. The van der Waals surface area contributed by atoms with E-state index in [-0.39, 0.29) is 0 Å². The van der Waals surface area contributed by atoms with E-state index in [1.807, 2.05) is 0 Å². The zero-order valence-corrected chi connectivity index (χ0v) is 38.6. The average Bonchev–Trinajstić information content (AvgIpc) is 3.16. The van der Waals surface area contributed by atoms with Crippen LogP contribution in [0.15, 0.2) is 0 Å². The van der Waals surface area contributed by atoms with Crippen molar-refractivity contribution in [2.24, 2.45) is 0 Å². The minimum Gasteiger partial charge on any atom is -0.309 e. The van der Waals surface area contributed by atoms with Crippen LogP contribution >= 0.6 is 6.72 Å². The largest absolute Gasteiger partial charge is 0.327 e. The first-order chi connectivity index (χ1) is 26.2. The Hall–Kier alpha value is 0.530. The van der Waals surface area contributed by atoms with Gasteiger partial charge in [-0.25, -0.2) is 0 Å². The molecule has 0 saturated carbocycles. The summed E-state index contributed by atoms with van der Waals surface area (Å²) in [6, 6.07) is 0. The highest BCUT2D eigenvalue weighted by atomic mass is 32.5. The van der Waals surface area contributed by atoms with Gasteiger partial charge in [-0.15, -0.1) is 0 Å². The van der Waals surface area contributed by atoms with Crippen molar-refractivity contribution in [3.63, 3.8) is 0 Å². The first kappa shape index (κ1) is 53.5. The molecular weight excluding hydrogens is 688 g/mol. The van der Waals surface area contributed by atoms with Gasteiger partial charge in [-0.2, -0.15) is 0 Å². The second-order valence-corrected chi connectivity index (χ2v) is 19.7. The highest BCUT2D eigenvalue weighted by molar-refractivity contribution is 8.07. The molecule has 0 aliphatic carbocycles. The maximum atomic E-state index is 6.26. The van der Waals surface area contributed by atoms with Crippen LogP contribution in [0, 0.1) is 0 Å². The van der Waals surface area contributed by atoms with Crippen molar-refractivity contribution in [3.05, 3.63) is 0 Å². The molecule has 5 heteroatoms. The Morgan fingerprint density at radius 3 is 0.509 bits per heavy atom. The van der Waals surface area contributed by atoms with E-state index in [0.29, 0.717) is 19.8 Å². The van der Waals surface area contributed by atoms with Crippen molar-refractivity contribution >= 4 is 18.5 Å². The van der Waals surface area contributed by atoms with E-state index in [0.717, 1.165) is 19.3 Å². The van der Waals surface area contributed by atoms with Gasteiger partial charge in [0.1, 0.15) is 0 Å². The van der Waals surface area contributed by atoms with Gasteiger partial charge in [0.15, 0.2) is 0 Å². The van der Waals surface area contributed by atoms with Gasteiger partial charge in [-0.1, -0.05) is 271 Å². The van der Waals surface area contributed by atoms with Crippen LogP contribution in [0.3, 0.4) is 0 Å². The minimum atomic E-state index is -2.65. The molecule has 320 valence electrons. The van der Waals surface area contributed by atoms with Crippen molar-refractivity contribution in [2.75, 3.05) is 19.8 Å². The van der Waals surface area contributed by atoms with Gasteiger partial charge in [0, 0.05) is 0 Å². The van der Waals surface area contributed by atoms with Crippen molar-refractivity contribution in [1.29, 1.82) is 0 Å². The fourth-order valence-corrected chi connectivity index (χ4v) is 9.48. The van der Waals surface area contributed by atoms with Crippen molar-refractivity contribution in [2.45, 2.75) is 290 Å². The van der Waals surface area contributed by atoms with Gasteiger partial charge in [0.25, 0.3) is 0 Å². The van der Waals surface area contributed by atoms with E-state index in [1.165, 1.54) is 250 Å². The van der Waals surface area contributed by atoms with Crippen LogP contribution in [0.1, 0.15) is 290 Å². The summed E-state index contributed by atoms with van der Waals surface area (Å²) in [5.74, 6) is 0. The smallest absolute Gasteiger partial charge is 0.309 e. The molecule has 0 aromatic heterocycles. The van der Waals surface area contributed by atoms with E-state index < -0.39 is 6.72 Å². The lowest BCUT2D eigenvalue weighted by Crippen LogP contribution is -2.04. The van der Waals surface area contributed by atoms with E-state index in [9.17, 15) is 0 Å². The second kappa shape index (κ2) is 46.9. The molecule has 0 unspecified atom stereocenters. The van der Waals surface area contributed by atoms with E-state index in [2.05, 4.69) is 20.8 Å². The van der Waals surface area contributed by atoms with Crippen LogP contribution in [-0.4, -0.2) is 19.8 Å². The quantitative estimate of drug-likeness (QED) is 0.0453. The summed E-state index contributed by atoms with van der Waals surface area (Å²) in [4.78, 5) is 0. The molecule has 0 aliphatic heterocycles. The molecule has 3 nitrogen and oxygen atoms in total. The Bertz CT molecular complexity index is 614. The molecule has 0 aliphatic rings. The SMILES string of the molecule is CCCCCCCCCCCCCCCCOP(=S)(OCCCCCCCCCCCCCCCC)OCCCCCCCCCCCCCCCC. The molecule has 0 radical (unpaired) electrons. The minimum absolute atomic E-state index is 0.687. The highest BCUT2D eigenvalue weighted by Crippen LogP contribution is 2.50. The maximum absolute atomic E-state index is 6.26. The molecule has 0 N–H and O–H groups in total. The Balaban J connectivity index is 4.08. The van der Waals surface area contributed by atoms with Gasteiger partial charge in [-0.05, 0) is 31.1 Å². The summed E-state index contributed by atoms with van der Waals surface area (Å²) in [6.45, 7) is 6.32. The first-order valence-corrected chi connectivity index (χ1v) is 27.3. The van der Waals surface area contributed by atoms with Crippen LogP contribution in [0.2, 0.25) is 0 Å². The van der Waals surface area contributed by atoms with E-state index in [4.69, 9.17) is 25.4 Å². The summed E-state index contributed by atoms with van der Waals surface area (Å²) < 4.78 is 18.8. The van der Waals surface area contributed by atoms with Crippen LogP contribution in [0.4, 0.5) is 0 Å². The Morgan fingerprint density at radius 2 is 0.358 bits per heavy atom. The molecule has 0 bridgehead atoms. The fourth-order valence-electron chi connectivity index (χ4n) is 7.53. The van der Waals surface area contributed by atoms with Crippen LogP contribution < -0.4 is 0 Å². The summed E-state index contributed by atoms with van der Waals surface area (Å²) in [6.07, 6.45) is 57.4. The number of rotatable bonds is 48. The molecule has 0 atom stereocenters. The van der Waals surface area contributed by atoms with Gasteiger partial charge in [0.05, 0.1) is 19.8 Å². The fraction of sp³-hybridized carbons (Fsp3) is 1.00.